The summed E-state index contributed by atoms with van der Waals surface area (Å²) < 4.78 is 28.3. The van der Waals surface area contributed by atoms with Crippen molar-refractivity contribution in [1.82, 2.24) is 14.8 Å². The lowest BCUT2D eigenvalue weighted by molar-refractivity contribution is -0.121. The van der Waals surface area contributed by atoms with Crippen molar-refractivity contribution in [2.75, 3.05) is 7.11 Å². The van der Waals surface area contributed by atoms with Crippen LogP contribution >= 0.6 is 22.6 Å². The number of benzene rings is 1. The summed E-state index contributed by atoms with van der Waals surface area (Å²) in [6.07, 6.45) is -1.56. The van der Waals surface area contributed by atoms with Gasteiger partial charge in [0.15, 0.2) is 0 Å². The number of aryl methyl sites for hydroxylation is 1. The molecule has 0 spiro atoms. The monoisotopic (exact) mass is 435 g/mol. The lowest BCUT2D eigenvalue weighted by Gasteiger charge is -2.26. The van der Waals surface area contributed by atoms with Crippen molar-refractivity contribution in [1.29, 1.82) is 0 Å². The minimum absolute atomic E-state index is 0.165. The van der Waals surface area contributed by atoms with Crippen LogP contribution in [-0.4, -0.2) is 27.9 Å². The molecule has 1 atom stereocenters. The van der Waals surface area contributed by atoms with E-state index in [2.05, 4.69) is 27.7 Å². The smallest absolute Gasteiger partial charge is 0.275 e. The Bertz CT molecular complexity index is 689. The van der Waals surface area contributed by atoms with Crippen molar-refractivity contribution in [2.45, 2.75) is 19.4 Å². The first kappa shape index (κ1) is 17.8. The van der Waals surface area contributed by atoms with E-state index in [4.69, 9.17) is 4.84 Å². The number of rotatable bonds is 5. The molecular weight excluding hydrogens is 419 g/mol. The van der Waals surface area contributed by atoms with Crippen LogP contribution in [-0.2, 0) is 11.9 Å². The second-order valence-electron chi connectivity index (χ2n) is 4.94. The zero-order chi connectivity index (χ0) is 17.1. The van der Waals surface area contributed by atoms with E-state index in [-0.39, 0.29) is 5.56 Å². The fourth-order valence-corrected chi connectivity index (χ4v) is 2.60. The standard InChI is InChI=1S/C15H16F2IN3O2/c1-9(10-4-6-11(18)7-5-10)21(23-3)15(22)12-8-20(2)19-13(12)14(16)17/h4-9,14H,1-3H3. The van der Waals surface area contributed by atoms with Crippen LogP contribution in [0, 0.1) is 3.57 Å². The molecule has 5 nitrogen and oxygen atoms in total. The van der Waals surface area contributed by atoms with Crippen molar-refractivity contribution in [3.63, 3.8) is 0 Å². The molecule has 1 heterocycles. The zero-order valence-electron chi connectivity index (χ0n) is 12.8. The maximum Gasteiger partial charge on any atom is 0.282 e. The molecule has 1 unspecified atom stereocenters. The fourth-order valence-electron chi connectivity index (χ4n) is 2.24. The average Bonchev–Trinajstić information content (AvgIpc) is 2.90. The second-order valence-corrected chi connectivity index (χ2v) is 6.19. The van der Waals surface area contributed by atoms with Gasteiger partial charge in [-0.25, -0.2) is 13.8 Å². The molecule has 0 N–H and O–H groups in total. The maximum atomic E-state index is 13.0. The molecule has 1 aromatic carbocycles. The van der Waals surface area contributed by atoms with Gasteiger partial charge < -0.3 is 0 Å². The highest BCUT2D eigenvalue weighted by molar-refractivity contribution is 14.1. The number of hydroxylamine groups is 2. The van der Waals surface area contributed by atoms with Gasteiger partial charge in [-0.15, -0.1) is 0 Å². The zero-order valence-corrected chi connectivity index (χ0v) is 15.0. The van der Waals surface area contributed by atoms with Crippen LogP contribution in [0.3, 0.4) is 0 Å². The van der Waals surface area contributed by atoms with Gasteiger partial charge in [0.05, 0.1) is 18.7 Å². The predicted molar refractivity (Wildman–Crippen MR) is 88.9 cm³/mol. The molecule has 124 valence electrons. The quantitative estimate of drug-likeness (QED) is 0.532. The summed E-state index contributed by atoms with van der Waals surface area (Å²) in [7, 11) is 2.82. The van der Waals surface area contributed by atoms with Crippen LogP contribution in [0.1, 0.15) is 41.0 Å². The molecule has 2 aromatic rings. The van der Waals surface area contributed by atoms with E-state index in [0.717, 1.165) is 14.2 Å². The van der Waals surface area contributed by atoms with Crippen LogP contribution in [0.15, 0.2) is 30.5 Å². The van der Waals surface area contributed by atoms with Gasteiger partial charge in [-0.2, -0.15) is 5.10 Å². The van der Waals surface area contributed by atoms with Gasteiger partial charge in [0, 0.05) is 16.8 Å². The Kier molecular flexibility index (Phi) is 5.69. The predicted octanol–water partition coefficient (Wildman–Crippen LogP) is 3.73. The minimum atomic E-state index is -2.83. The Hall–Kier alpha value is -1.55. The van der Waals surface area contributed by atoms with Gasteiger partial charge in [-0.05, 0) is 47.2 Å². The van der Waals surface area contributed by atoms with Gasteiger partial charge in [0.25, 0.3) is 12.3 Å². The Morgan fingerprint density at radius 1 is 1.35 bits per heavy atom. The number of carbonyl (C=O) groups is 1. The summed E-state index contributed by atoms with van der Waals surface area (Å²) >= 11 is 2.18. The second kappa shape index (κ2) is 7.35. The van der Waals surface area contributed by atoms with Gasteiger partial charge in [0.1, 0.15) is 5.69 Å². The highest BCUT2D eigenvalue weighted by atomic mass is 127. The van der Waals surface area contributed by atoms with Gasteiger partial charge >= 0.3 is 0 Å². The maximum absolute atomic E-state index is 13.0. The summed E-state index contributed by atoms with van der Waals surface area (Å²) in [5.74, 6) is -0.651. The van der Waals surface area contributed by atoms with Gasteiger partial charge in [-0.3, -0.25) is 14.3 Å². The summed E-state index contributed by atoms with van der Waals surface area (Å²) in [6, 6.07) is 7.10. The van der Waals surface area contributed by atoms with E-state index in [1.807, 2.05) is 24.3 Å². The number of halogens is 3. The van der Waals surface area contributed by atoms with Crippen molar-refractivity contribution in [2.24, 2.45) is 7.05 Å². The summed E-state index contributed by atoms with van der Waals surface area (Å²) in [6.45, 7) is 1.77. The number of hydrogen-bond acceptors (Lipinski definition) is 3. The summed E-state index contributed by atoms with van der Waals surface area (Å²) in [5.41, 5.74) is 0.124. The summed E-state index contributed by atoms with van der Waals surface area (Å²) in [5, 5.41) is 4.73. The normalized spacial score (nSPS) is 12.5. The molecular formula is C15H16F2IN3O2. The molecule has 0 radical (unpaired) electrons. The Labute approximate surface area is 146 Å². The molecule has 1 aromatic heterocycles. The highest BCUT2D eigenvalue weighted by Crippen LogP contribution is 2.27. The first-order valence-electron chi connectivity index (χ1n) is 6.80. The van der Waals surface area contributed by atoms with E-state index >= 15 is 0 Å². The lowest BCUT2D eigenvalue weighted by Crippen LogP contribution is -2.33. The lowest BCUT2D eigenvalue weighted by atomic mass is 10.1. The van der Waals surface area contributed by atoms with Gasteiger partial charge in [-0.1, -0.05) is 12.1 Å². The van der Waals surface area contributed by atoms with E-state index in [1.54, 1.807) is 6.92 Å². The molecule has 23 heavy (non-hydrogen) atoms. The number of amides is 1. The molecule has 8 heteroatoms. The SMILES string of the molecule is CON(C(=O)c1cn(C)nc1C(F)F)C(C)c1ccc(I)cc1. The first-order chi connectivity index (χ1) is 10.8. The number of carbonyl (C=O) groups excluding carboxylic acids is 1. The third-order valence-corrected chi connectivity index (χ3v) is 4.11. The molecule has 0 saturated heterocycles. The first-order valence-corrected chi connectivity index (χ1v) is 7.87. The fraction of sp³-hybridized carbons (Fsp3) is 0.333. The molecule has 0 aliphatic rings. The van der Waals surface area contributed by atoms with Crippen molar-refractivity contribution >= 4 is 28.5 Å². The number of nitrogens with zero attached hydrogens (tertiary/aromatic N) is 3. The van der Waals surface area contributed by atoms with Crippen LogP contribution < -0.4 is 0 Å². The Morgan fingerprint density at radius 2 is 1.96 bits per heavy atom. The number of alkyl halides is 2. The highest BCUT2D eigenvalue weighted by Gasteiger charge is 2.29. The molecule has 1 amide bonds. The minimum Gasteiger partial charge on any atom is -0.275 e. The largest absolute Gasteiger partial charge is 0.282 e. The molecule has 2 rings (SSSR count). The third-order valence-electron chi connectivity index (χ3n) is 3.40. The van der Waals surface area contributed by atoms with E-state index in [0.29, 0.717) is 0 Å². The molecule has 0 fully saturated rings. The van der Waals surface area contributed by atoms with Crippen molar-refractivity contribution < 1.29 is 18.4 Å². The van der Waals surface area contributed by atoms with Crippen molar-refractivity contribution in [3.8, 4) is 0 Å². The van der Waals surface area contributed by atoms with Crippen LogP contribution in [0.4, 0.5) is 8.78 Å². The Balaban J connectivity index is 2.33. The van der Waals surface area contributed by atoms with E-state index in [1.165, 1.54) is 25.0 Å². The molecule has 0 aliphatic heterocycles. The van der Waals surface area contributed by atoms with Crippen molar-refractivity contribution in [3.05, 3.63) is 50.9 Å². The molecule has 0 bridgehead atoms. The molecule has 0 saturated carbocycles. The Morgan fingerprint density at radius 3 is 2.48 bits per heavy atom. The van der Waals surface area contributed by atoms with Crippen LogP contribution in [0.5, 0.6) is 0 Å². The number of hydrogen-bond donors (Lipinski definition) is 0. The van der Waals surface area contributed by atoms with Crippen LogP contribution in [0.2, 0.25) is 0 Å². The average molecular weight is 435 g/mol. The molecule has 0 aliphatic carbocycles. The van der Waals surface area contributed by atoms with E-state index < -0.39 is 24.1 Å². The summed E-state index contributed by atoms with van der Waals surface area (Å²) in [4.78, 5) is 17.8. The van der Waals surface area contributed by atoms with E-state index in [9.17, 15) is 13.6 Å². The van der Waals surface area contributed by atoms with Crippen LogP contribution in [0.25, 0.3) is 0 Å². The number of aromatic nitrogens is 2. The third kappa shape index (κ3) is 3.86. The topological polar surface area (TPSA) is 47.4 Å². The van der Waals surface area contributed by atoms with Gasteiger partial charge in [0.2, 0.25) is 0 Å².